The van der Waals surface area contributed by atoms with Gasteiger partial charge in [0, 0.05) is 20.2 Å². The molecule has 17 heavy (non-hydrogen) atoms. The number of ether oxygens (including phenoxy) is 1. The monoisotopic (exact) mass is 260 g/mol. The van der Waals surface area contributed by atoms with Gasteiger partial charge in [-0.1, -0.05) is 0 Å². The maximum absolute atomic E-state index is 12.0. The quantitative estimate of drug-likeness (QED) is 0.772. The van der Waals surface area contributed by atoms with Crippen molar-refractivity contribution in [1.82, 2.24) is 4.90 Å². The molecule has 100 valence electrons. The summed E-state index contributed by atoms with van der Waals surface area (Å²) in [4.78, 5) is 13.7. The molecule has 0 aromatic heterocycles. The van der Waals surface area contributed by atoms with E-state index in [1.54, 1.807) is 16.7 Å². The first-order valence-electron chi connectivity index (χ1n) is 6.22. The SMILES string of the molecule is CSCC[C@@H](N)C(=O)N(C)CC1CCCOC1. The Balaban J connectivity index is 2.29. The Hall–Kier alpha value is -0.260. The van der Waals surface area contributed by atoms with Crippen LogP contribution in [0.4, 0.5) is 0 Å². The molecular weight excluding hydrogens is 236 g/mol. The normalized spacial score (nSPS) is 22.2. The lowest BCUT2D eigenvalue weighted by Crippen LogP contribution is -2.44. The lowest BCUT2D eigenvalue weighted by molar-refractivity contribution is -0.132. The summed E-state index contributed by atoms with van der Waals surface area (Å²) in [6, 6.07) is -0.350. The molecule has 1 rings (SSSR count). The smallest absolute Gasteiger partial charge is 0.239 e. The average Bonchev–Trinajstić information content (AvgIpc) is 2.36. The molecule has 1 fully saturated rings. The highest BCUT2D eigenvalue weighted by atomic mass is 32.2. The van der Waals surface area contributed by atoms with E-state index in [2.05, 4.69) is 0 Å². The molecule has 1 amide bonds. The Labute approximate surface area is 108 Å². The maximum Gasteiger partial charge on any atom is 0.239 e. The molecule has 4 nitrogen and oxygen atoms in total. The van der Waals surface area contributed by atoms with E-state index in [4.69, 9.17) is 10.5 Å². The predicted octanol–water partition coefficient (Wildman–Crippen LogP) is 0.952. The van der Waals surface area contributed by atoms with Crippen LogP contribution in [0.1, 0.15) is 19.3 Å². The molecule has 0 aromatic carbocycles. The second-order valence-electron chi connectivity index (χ2n) is 4.69. The van der Waals surface area contributed by atoms with E-state index >= 15 is 0 Å². The first-order chi connectivity index (χ1) is 8.15. The zero-order valence-corrected chi connectivity index (χ0v) is 11.7. The fraction of sp³-hybridized carbons (Fsp3) is 0.917. The standard InChI is InChI=1S/C12H24N2O2S/c1-14(8-10-4-3-6-16-9-10)12(15)11(13)5-7-17-2/h10-11H,3-9,13H2,1-2H3/t10?,11-/m1/s1. The van der Waals surface area contributed by atoms with Gasteiger partial charge in [-0.15, -0.1) is 0 Å². The molecule has 2 atom stereocenters. The number of hydrogen-bond donors (Lipinski definition) is 1. The summed E-state index contributed by atoms with van der Waals surface area (Å²) in [6.07, 6.45) is 5.04. The van der Waals surface area contributed by atoms with Gasteiger partial charge in [-0.05, 0) is 37.2 Å². The van der Waals surface area contributed by atoms with Crippen molar-refractivity contribution in [3.63, 3.8) is 0 Å². The molecule has 1 aliphatic heterocycles. The highest BCUT2D eigenvalue weighted by Crippen LogP contribution is 2.15. The molecule has 0 radical (unpaired) electrons. The molecule has 0 bridgehead atoms. The molecule has 0 aromatic rings. The van der Waals surface area contributed by atoms with E-state index in [9.17, 15) is 4.79 Å². The summed E-state index contributed by atoms with van der Waals surface area (Å²) in [7, 11) is 1.84. The summed E-state index contributed by atoms with van der Waals surface area (Å²) >= 11 is 1.72. The number of carbonyl (C=O) groups is 1. The van der Waals surface area contributed by atoms with Crippen LogP contribution in [-0.2, 0) is 9.53 Å². The summed E-state index contributed by atoms with van der Waals surface area (Å²) in [5.41, 5.74) is 5.87. The van der Waals surface area contributed by atoms with Crippen LogP contribution >= 0.6 is 11.8 Å². The van der Waals surface area contributed by atoms with Gasteiger partial charge in [0.2, 0.25) is 5.91 Å². The fourth-order valence-electron chi connectivity index (χ4n) is 2.08. The summed E-state index contributed by atoms with van der Waals surface area (Å²) in [6.45, 7) is 2.41. The summed E-state index contributed by atoms with van der Waals surface area (Å²) < 4.78 is 5.42. The van der Waals surface area contributed by atoms with Crippen molar-refractivity contribution < 1.29 is 9.53 Å². The third-order valence-corrected chi connectivity index (χ3v) is 3.76. The Morgan fingerprint density at radius 1 is 1.65 bits per heavy atom. The first-order valence-corrected chi connectivity index (χ1v) is 7.61. The van der Waals surface area contributed by atoms with Crippen molar-refractivity contribution in [3.05, 3.63) is 0 Å². The fourth-order valence-corrected chi connectivity index (χ4v) is 2.57. The van der Waals surface area contributed by atoms with Crippen LogP contribution in [0, 0.1) is 5.92 Å². The van der Waals surface area contributed by atoms with Crippen molar-refractivity contribution in [2.45, 2.75) is 25.3 Å². The predicted molar refractivity (Wildman–Crippen MR) is 72.2 cm³/mol. The van der Waals surface area contributed by atoms with Crippen molar-refractivity contribution in [2.24, 2.45) is 11.7 Å². The van der Waals surface area contributed by atoms with Crippen molar-refractivity contribution in [1.29, 1.82) is 0 Å². The molecule has 1 unspecified atom stereocenters. The Bertz CT molecular complexity index is 233. The Morgan fingerprint density at radius 3 is 3.00 bits per heavy atom. The summed E-state index contributed by atoms with van der Waals surface area (Å²) in [5.74, 6) is 1.47. The molecule has 2 N–H and O–H groups in total. The van der Waals surface area contributed by atoms with Crippen LogP contribution in [0.15, 0.2) is 0 Å². The van der Waals surface area contributed by atoms with Crippen LogP contribution in [0.3, 0.4) is 0 Å². The van der Waals surface area contributed by atoms with Gasteiger partial charge in [0.1, 0.15) is 0 Å². The van der Waals surface area contributed by atoms with E-state index in [1.165, 1.54) is 0 Å². The third-order valence-electron chi connectivity index (χ3n) is 3.11. The van der Waals surface area contributed by atoms with Crippen LogP contribution in [0.5, 0.6) is 0 Å². The van der Waals surface area contributed by atoms with E-state index in [1.807, 2.05) is 13.3 Å². The van der Waals surface area contributed by atoms with E-state index in [0.717, 1.165) is 44.8 Å². The lowest BCUT2D eigenvalue weighted by atomic mass is 10.0. The second-order valence-corrected chi connectivity index (χ2v) is 5.68. The molecule has 1 heterocycles. The van der Waals surface area contributed by atoms with Crippen molar-refractivity contribution >= 4 is 17.7 Å². The van der Waals surface area contributed by atoms with Gasteiger partial charge < -0.3 is 15.4 Å². The van der Waals surface area contributed by atoms with E-state index in [-0.39, 0.29) is 11.9 Å². The van der Waals surface area contributed by atoms with Crippen LogP contribution < -0.4 is 5.73 Å². The van der Waals surface area contributed by atoms with Gasteiger partial charge in [-0.2, -0.15) is 11.8 Å². The number of rotatable bonds is 6. The molecule has 0 saturated carbocycles. The van der Waals surface area contributed by atoms with Crippen LogP contribution in [0.2, 0.25) is 0 Å². The average molecular weight is 260 g/mol. The first kappa shape index (κ1) is 14.8. The van der Waals surface area contributed by atoms with Gasteiger partial charge in [-0.3, -0.25) is 4.79 Å². The van der Waals surface area contributed by atoms with Gasteiger partial charge in [-0.25, -0.2) is 0 Å². The number of nitrogens with two attached hydrogens (primary N) is 1. The number of thioether (sulfide) groups is 1. The highest BCUT2D eigenvalue weighted by molar-refractivity contribution is 7.98. The number of carbonyl (C=O) groups excluding carboxylic acids is 1. The number of likely N-dealkylation sites (N-methyl/N-ethyl adjacent to an activating group) is 1. The maximum atomic E-state index is 12.0. The second kappa shape index (κ2) is 7.95. The number of amides is 1. The highest BCUT2D eigenvalue weighted by Gasteiger charge is 2.22. The van der Waals surface area contributed by atoms with Crippen molar-refractivity contribution in [2.75, 3.05) is 38.8 Å². The Morgan fingerprint density at radius 2 is 2.41 bits per heavy atom. The minimum absolute atomic E-state index is 0.0598. The number of hydrogen-bond acceptors (Lipinski definition) is 4. The topological polar surface area (TPSA) is 55.6 Å². The molecule has 1 aliphatic rings. The van der Waals surface area contributed by atoms with Gasteiger partial charge in [0.25, 0.3) is 0 Å². The number of nitrogens with zero attached hydrogens (tertiary/aromatic N) is 1. The van der Waals surface area contributed by atoms with Gasteiger partial charge >= 0.3 is 0 Å². The largest absolute Gasteiger partial charge is 0.381 e. The minimum atomic E-state index is -0.350. The van der Waals surface area contributed by atoms with Crippen LogP contribution in [0.25, 0.3) is 0 Å². The molecule has 0 aliphatic carbocycles. The minimum Gasteiger partial charge on any atom is -0.381 e. The van der Waals surface area contributed by atoms with E-state index in [0.29, 0.717) is 5.92 Å². The molecule has 0 spiro atoms. The van der Waals surface area contributed by atoms with Crippen LogP contribution in [-0.4, -0.2) is 55.7 Å². The third kappa shape index (κ3) is 5.27. The lowest BCUT2D eigenvalue weighted by Gasteiger charge is -2.28. The molecular formula is C12H24N2O2S. The molecule has 1 saturated heterocycles. The van der Waals surface area contributed by atoms with Crippen molar-refractivity contribution in [3.8, 4) is 0 Å². The molecule has 5 heteroatoms. The van der Waals surface area contributed by atoms with Gasteiger partial charge in [0.15, 0.2) is 0 Å². The zero-order chi connectivity index (χ0) is 12.7. The summed E-state index contributed by atoms with van der Waals surface area (Å²) in [5, 5.41) is 0. The zero-order valence-electron chi connectivity index (χ0n) is 10.9. The van der Waals surface area contributed by atoms with Gasteiger partial charge in [0.05, 0.1) is 12.6 Å². The van der Waals surface area contributed by atoms with E-state index < -0.39 is 0 Å². The Kier molecular flexibility index (Phi) is 6.92.